The van der Waals surface area contributed by atoms with E-state index in [1.807, 2.05) is 6.92 Å². The SMILES string of the molecule is CCNCC(C)C(=O)NC1CC1CC. The fourth-order valence-corrected chi connectivity index (χ4v) is 1.65. The average molecular weight is 198 g/mol. The molecule has 1 saturated carbocycles. The lowest BCUT2D eigenvalue weighted by Crippen LogP contribution is -2.36. The van der Waals surface area contributed by atoms with E-state index in [4.69, 9.17) is 0 Å². The van der Waals surface area contributed by atoms with Gasteiger partial charge in [0.15, 0.2) is 0 Å². The van der Waals surface area contributed by atoms with E-state index in [0.29, 0.717) is 6.04 Å². The van der Waals surface area contributed by atoms with E-state index >= 15 is 0 Å². The van der Waals surface area contributed by atoms with Gasteiger partial charge < -0.3 is 10.6 Å². The molecular weight excluding hydrogens is 176 g/mol. The van der Waals surface area contributed by atoms with Crippen molar-refractivity contribution in [2.45, 2.75) is 39.7 Å². The van der Waals surface area contributed by atoms with Crippen molar-refractivity contribution < 1.29 is 4.79 Å². The maximum Gasteiger partial charge on any atom is 0.224 e. The molecule has 1 rings (SSSR count). The van der Waals surface area contributed by atoms with Crippen LogP contribution in [0.4, 0.5) is 0 Å². The summed E-state index contributed by atoms with van der Waals surface area (Å²) >= 11 is 0. The van der Waals surface area contributed by atoms with Crippen LogP contribution in [0.5, 0.6) is 0 Å². The van der Waals surface area contributed by atoms with E-state index < -0.39 is 0 Å². The van der Waals surface area contributed by atoms with Gasteiger partial charge in [0.25, 0.3) is 0 Å². The Morgan fingerprint density at radius 3 is 2.71 bits per heavy atom. The summed E-state index contributed by atoms with van der Waals surface area (Å²) in [5.74, 6) is 1.03. The van der Waals surface area contributed by atoms with Gasteiger partial charge in [-0.15, -0.1) is 0 Å². The van der Waals surface area contributed by atoms with Gasteiger partial charge in [-0.1, -0.05) is 27.2 Å². The monoisotopic (exact) mass is 198 g/mol. The van der Waals surface area contributed by atoms with Gasteiger partial charge in [-0.3, -0.25) is 4.79 Å². The lowest BCUT2D eigenvalue weighted by Gasteiger charge is -2.12. The summed E-state index contributed by atoms with van der Waals surface area (Å²) in [5, 5.41) is 6.27. The van der Waals surface area contributed by atoms with Gasteiger partial charge in [-0.05, 0) is 18.9 Å². The van der Waals surface area contributed by atoms with Crippen LogP contribution in [0.1, 0.15) is 33.6 Å². The lowest BCUT2D eigenvalue weighted by molar-refractivity contribution is -0.124. The van der Waals surface area contributed by atoms with Gasteiger partial charge in [-0.25, -0.2) is 0 Å². The molecule has 0 heterocycles. The maximum atomic E-state index is 11.6. The fourth-order valence-electron chi connectivity index (χ4n) is 1.65. The Hall–Kier alpha value is -0.570. The molecule has 1 aliphatic rings. The first-order valence-electron chi connectivity index (χ1n) is 5.70. The second-order valence-corrected chi connectivity index (χ2v) is 4.23. The zero-order valence-corrected chi connectivity index (χ0v) is 9.47. The molecule has 1 fully saturated rings. The van der Waals surface area contributed by atoms with Gasteiger partial charge in [0.1, 0.15) is 0 Å². The molecule has 0 aromatic heterocycles. The number of hydrogen-bond donors (Lipinski definition) is 2. The molecule has 0 aromatic carbocycles. The topological polar surface area (TPSA) is 41.1 Å². The molecule has 0 saturated heterocycles. The fraction of sp³-hybridized carbons (Fsp3) is 0.909. The van der Waals surface area contributed by atoms with Gasteiger partial charge in [0.2, 0.25) is 5.91 Å². The quantitative estimate of drug-likeness (QED) is 0.672. The molecule has 0 spiro atoms. The zero-order chi connectivity index (χ0) is 10.6. The third kappa shape index (κ3) is 3.29. The third-order valence-corrected chi connectivity index (χ3v) is 2.92. The van der Waals surface area contributed by atoms with E-state index in [1.165, 1.54) is 12.8 Å². The second-order valence-electron chi connectivity index (χ2n) is 4.23. The van der Waals surface area contributed by atoms with Crippen molar-refractivity contribution in [2.75, 3.05) is 13.1 Å². The van der Waals surface area contributed by atoms with Crippen molar-refractivity contribution in [1.29, 1.82) is 0 Å². The molecule has 0 aromatic rings. The zero-order valence-electron chi connectivity index (χ0n) is 9.47. The Balaban J connectivity index is 2.15. The predicted octanol–water partition coefficient (Wildman–Crippen LogP) is 1.15. The van der Waals surface area contributed by atoms with Crippen LogP contribution >= 0.6 is 0 Å². The van der Waals surface area contributed by atoms with Crippen molar-refractivity contribution in [3.05, 3.63) is 0 Å². The molecule has 2 N–H and O–H groups in total. The van der Waals surface area contributed by atoms with Gasteiger partial charge in [-0.2, -0.15) is 0 Å². The number of nitrogens with one attached hydrogen (secondary N) is 2. The highest BCUT2D eigenvalue weighted by Crippen LogP contribution is 2.33. The first-order valence-corrected chi connectivity index (χ1v) is 5.70. The molecule has 3 nitrogen and oxygen atoms in total. The number of rotatable bonds is 6. The minimum absolute atomic E-state index is 0.0908. The van der Waals surface area contributed by atoms with Gasteiger partial charge in [0.05, 0.1) is 0 Å². The molecular formula is C11H22N2O. The standard InChI is InChI=1S/C11H22N2O/c1-4-9-6-10(9)13-11(14)8(3)7-12-5-2/h8-10,12H,4-7H2,1-3H3,(H,13,14). The lowest BCUT2D eigenvalue weighted by atomic mass is 10.1. The summed E-state index contributed by atoms with van der Waals surface area (Å²) in [6, 6.07) is 0.469. The highest BCUT2D eigenvalue weighted by Gasteiger charge is 2.36. The van der Waals surface area contributed by atoms with Crippen molar-refractivity contribution >= 4 is 5.91 Å². The Bertz CT molecular complexity index is 194. The summed E-state index contributed by atoms with van der Waals surface area (Å²) < 4.78 is 0. The van der Waals surface area contributed by atoms with Crippen LogP contribution in [0.15, 0.2) is 0 Å². The maximum absolute atomic E-state index is 11.6. The highest BCUT2D eigenvalue weighted by molar-refractivity contribution is 5.79. The molecule has 1 aliphatic carbocycles. The molecule has 0 aliphatic heterocycles. The Morgan fingerprint density at radius 1 is 1.50 bits per heavy atom. The van der Waals surface area contributed by atoms with Crippen LogP contribution in [0.3, 0.4) is 0 Å². The van der Waals surface area contributed by atoms with Crippen LogP contribution in [-0.2, 0) is 4.79 Å². The molecule has 3 heteroatoms. The van der Waals surface area contributed by atoms with Crippen molar-refractivity contribution in [3.8, 4) is 0 Å². The minimum atomic E-state index is 0.0908. The molecule has 14 heavy (non-hydrogen) atoms. The number of hydrogen-bond acceptors (Lipinski definition) is 2. The second kappa shape index (κ2) is 5.35. The van der Waals surface area contributed by atoms with Crippen LogP contribution in [0.25, 0.3) is 0 Å². The van der Waals surface area contributed by atoms with Crippen LogP contribution in [0, 0.1) is 11.8 Å². The Morgan fingerprint density at radius 2 is 2.21 bits per heavy atom. The van der Waals surface area contributed by atoms with E-state index in [-0.39, 0.29) is 11.8 Å². The number of carbonyl (C=O) groups is 1. The predicted molar refractivity (Wildman–Crippen MR) is 58.0 cm³/mol. The van der Waals surface area contributed by atoms with E-state index in [0.717, 1.165) is 19.0 Å². The summed E-state index contributed by atoms with van der Waals surface area (Å²) in [5.41, 5.74) is 0. The first-order chi connectivity index (χ1) is 6.69. The first kappa shape index (κ1) is 11.5. The van der Waals surface area contributed by atoms with Crippen LogP contribution < -0.4 is 10.6 Å². The summed E-state index contributed by atoms with van der Waals surface area (Å²) in [6.45, 7) is 7.92. The minimum Gasteiger partial charge on any atom is -0.353 e. The van der Waals surface area contributed by atoms with E-state index in [1.54, 1.807) is 0 Å². The van der Waals surface area contributed by atoms with Crippen molar-refractivity contribution in [2.24, 2.45) is 11.8 Å². The summed E-state index contributed by atoms with van der Waals surface area (Å²) in [4.78, 5) is 11.6. The molecule has 82 valence electrons. The smallest absolute Gasteiger partial charge is 0.224 e. The third-order valence-electron chi connectivity index (χ3n) is 2.92. The highest BCUT2D eigenvalue weighted by atomic mass is 16.2. The largest absolute Gasteiger partial charge is 0.353 e. The van der Waals surface area contributed by atoms with Crippen LogP contribution in [0.2, 0.25) is 0 Å². The Kier molecular flexibility index (Phi) is 4.39. The Labute approximate surface area is 86.6 Å². The molecule has 1 amide bonds. The van der Waals surface area contributed by atoms with Crippen molar-refractivity contribution in [3.63, 3.8) is 0 Å². The summed E-state index contributed by atoms with van der Waals surface area (Å²) in [7, 11) is 0. The van der Waals surface area contributed by atoms with Crippen molar-refractivity contribution in [1.82, 2.24) is 10.6 Å². The van der Waals surface area contributed by atoms with Crippen LogP contribution in [-0.4, -0.2) is 25.0 Å². The number of amides is 1. The van der Waals surface area contributed by atoms with E-state index in [2.05, 4.69) is 24.5 Å². The summed E-state index contributed by atoms with van der Waals surface area (Å²) in [6.07, 6.45) is 2.36. The van der Waals surface area contributed by atoms with E-state index in [9.17, 15) is 4.79 Å². The molecule has 3 unspecified atom stereocenters. The molecule has 0 radical (unpaired) electrons. The average Bonchev–Trinajstić information content (AvgIpc) is 2.92. The van der Waals surface area contributed by atoms with Gasteiger partial charge >= 0.3 is 0 Å². The molecule has 0 bridgehead atoms. The van der Waals surface area contributed by atoms with Gasteiger partial charge in [0, 0.05) is 18.5 Å². The normalized spacial score (nSPS) is 27.1. The molecule has 3 atom stereocenters. The number of carbonyl (C=O) groups excluding carboxylic acids is 1.